The molecule has 1 atom stereocenters. The molecule has 0 fully saturated rings. The van der Waals surface area contributed by atoms with Crippen LogP contribution >= 0.6 is 0 Å². The van der Waals surface area contributed by atoms with Crippen LogP contribution in [0.1, 0.15) is 41.8 Å². The van der Waals surface area contributed by atoms with Crippen molar-refractivity contribution in [1.29, 1.82) is 0 Å². The van der Waals surface area contributed by atoms with E-state index in [9.17, 15) is 0 Å². The van der Waals surface area contributed by atoms with Crippen molar-refractivity contribution in [2.45, 2.75) is 25.3 Å². The van der Waals surface area contributed by atoms with Gasteiger partial charge in [-0.25, -0.2) is 9.98 Å². The summed E-state index contributed by atoms with van der Waals surface area (Å²) < 4.78 is 5.78. The van der Waals surface area contributed by atoms with E-state index >= 15 is 0 Å². The molecule has 3 nitrogen and oxygen atoms in total. The van der Waals surface area contributed by atoms with Gasteiger partial charge in [0.1, 0.15) is 12.3 Å². The first-order valence-corrected chi connectivity index (χ1v) is 9.13. The second kappa shape index (κ2) is 7.52. The molecule has 0 bridgehead atoms. The standard InChI is InChI=1S/C23H22N2O/c1-2-19-16-26-23(24-19)21-15-9-14-20(25-21)22(17-10-5-3-6-11-17)18-12-7-4-8-13-18/h3-15,19,22H,2,16H2,1H3/t19-/m1/s1. The maximum Gasteiger partial charge on any atom is 0.235 e. The van der Waals surface area contributed by atoms with Crippen LogP contribution in [0.15, 0.2) is 83.9 Å². The van der Waals surface area contributed by atoms with Crippen molar-refractivity contribution in [3.05, 3.63) is 101 Å². The molecule has 0 aliphatic carbocycles. The molecule has 3 heteroatoms. The molecule has 2 aromatic carbocycles. The van der Waals surface area contributed by atoms with E-state index < -0.39 is 0 Å². The lowest BCUT2D eigenvalue weighted by Crippen LogP contribution is -2.10. The number of pyridine rings is 1. The highest BCUT2D eigenvalue weighted by Gasteiger charge is 2.22. The molecule has 4 rings (SSSR count). The minimum absolute atomic E-state index is 0.0846. The Morgan fingerprint density at radius 1 is 0.885 bits per heavy atom. The van der Waals surface area contributed by atoms with E-state index in [-0.39, 0.29) is 12.0 Å². The lowest BCUT2D eigenvalue weighted by Gasteiger charge is -2.18. The number of benzene rings is 2. The Morgan fingerprint density at radius 2 is 1.54 bits per heavy atom. The molecule has 3 aromatic rings. The van der Waals surface area contributed by atoms with E-state index in [0.717, 1.165) is 17.8 Å². The van der Waals surface area contributed by atoms with Gasteiger partial charge in [-0.05, 0) is 29.7 Å². The fourth-order valence-electron chi connectivity index (χ4n) is 3.32. The van der Waals surface area contributed by atoms with Crippen LogP contribution in [0.5, 0.6) is 0 Å². The Bertz CT molecular complexity index is 851. The van der Waals surface area contributed by atoms with Crippen LogP contribution in [-0.2, 0) is 4.74 Å². The first-order valence-electron chi connectivity index (χ1n) is 9.13. The average molecular weight is 342 g/mol. The SMILES string of the molecule is CC[C@@H]1COC(c2cccc(C(c3ccccc3)c3ccccc3)n2)=N1. The van der Waals surface area contributed by atoms with Crippen LogP contribution in [0.25, 0.3) is 0 Å². The van der Waals surface area contributed by atoms with Gasteiger partial charge < -0.3 is 4.74 Å². The van der Waals surface area contributed by atoms with Crippen LogP contribution in [0.2, 0.25) is 0 Å². The zero-order valence-corrected chi connectivity index (χ0v) is 14.9. The van der Waals surface area contributed by atoms with Gasteiger partial charge in [-0.15, -0.1) is 0 Å². The quantitative estimate of drug-likeness (QED) is 0.666. The van der Waals surface area contributed by atoms with Crippen molar-refractivity contribution in [2.75, 3.05) is 6.61 Å². The molecule has 2 heterocycles. The molecule has 1 aromatic heterocycles. The third-order valence-corrected chi connectivity index (χ3v) is 4.73. The highest BCUT2D eigenvalue weighted by atomic mass is 16.5. The molecule has 0 saturated carbocycles. The normalized spacial score (nSPS) is 16.4. The number of aliphatic imine (C=N–C) groups is 1. The highest BCUT2D eigenvalue weighted by molar-refractivity contribution is 5.93. The van der Waals surface area contributed by atoms with Gasteiger partial charge in [0.2, 0.25) is 5.90 Å². The zero-order valence-electron chi connectivity index (χ0n) is 14.9. The lowest BCUT2D eigenvalue weighted by molar-refractivity contribution is 0.314. The molecular formula is C23H22N2O. The summed E-state index contributed by atoms with van der Waals surface area (Å²) in [6, 6.07) is 27.4. The maximum absolute atomic E-state index is 5.78. The third kappa shape index (κ3) is 3.38. The van der Waals surface area contributed by atoms with Crippen LogP contribution in [-0.4, -0.2) is 23.5 Å². The summed E-state index contributed by atoms with van der Waals surface area (Å²) in [5, 5.41) is 0. The number of nitrogens with zero attached hydrogens (tertiary/aromatic N) is 2. The molecule has 0 amide bonds. The third-order valence-electron chi connectivity index (χ3n) is 4.73. The van der Waals surface area contributed by atoms with Crippen molar-refractivity contribution in [3.8, 4) is 0 Å². The van der Waals surface area contributed by atoms with Gasteiger partial charge in [-0.1, -0.05) is 73.7 Å². The van der Waals surface area contributed by atoms with Crippen molar-refractivity contribution >= 4 is 5.90 Å². The molecule has 26 heavy (non-hydrogen) atoms. The number of ether oxygens (including phenoxy) is 1. The molecule has 1 aliphatic heterocycles. The predicted octanol–water partition coefficient (Wildman–Crippen LogP) is 4.82. The smallest absolute Gasteiger partial charge is 0.235 e. The topological polar surface area (TPSA) is 34.5 Å². The van der Waals surface area contributed by atoms with Gasteiger partial charge in [0.25, 0.3) is 0 Å². The van der Waals surface area contributed by atoms with Crippen LogP contribution in [0.4, 0.5) is 0 Å². The molecule has 0 unspecified atom stereocenters. The van der Waals surface area contributed by atoms with E-state index in [1.165, 1.54) is 11.1 Å². The van der Waals surface area contributed by atoms with E-state index in [2.05, 4.69) is 66.5 Å². The van der Waals surface area contributed by atoms with Gasteiger partial charge in [0.05, 0.1) is 17.7 Å². The van der Waals surface area contributed by atoms with Gasteiger partial charge in [-0.3, -0.25) is 0 Å². The maximum atomic E-state index is 5.78. The summed E-state index contributed by atoms with van der Waals surface area (Å²) in [6.45, 7) is 2.78. The molecular weight excluding hydrogens is 320 g/mol. The fourth-order valence-corrected chi connectivity index (χ4v) is 3.32. The summed E-state index contributed by atoms with van der Waals surface area (Å²) in [4.78, 5) is 9.58. The van der Waals surface area contributed by atoms with Gasteiger partial charge >= 0.3 is 0 Å². The first-order chi connectivity index (χ1) is 12.8. The first kappa shape index (κ1) is 16.5. The van der Waals surface area contributed by atoms with E-state index in [1.54, 1.807) is 0 Å². The van der Waals surface area contributed by atoms with Gasteiger partial charge in [0, 0.05) is 0 Å². The molecule has 0 N–H and O–H groups in total. The summed E-state index contributed by atoms with van der Waals surface area (Å²) >= 11 is 0. The second-order valence-electron chi connectivity index (χ2n) is 6.51. The van der Waals surface area contributed by atoms with E-state index in [4.69, 9.17) is 9.72 Å². The van der Waals surface area contributed by atoms with E-state index in [0.29, 0.717) is 12.5 Å². The Balaban J connectivity index is 1.76. The van der Waals surface area contributed by atoms with Crippen LogP contribution < -0.4 is 0 Å². The Morgan fingerprint density at radius 3 is 2.12 bits per heavy atom. The number of hydrogen-bond acceptors (Lipinski definition) is 3. The Hall–Kier alpha value is -2.94. The summed E-state index contributed by atoms with van der Waals surface area (Å²) in [5.74, 6) is 0.750. The minimum atomic E-state index is 0.0846. The summed E-state index contributed by atoms with van der Waals surface area (Å²) in [5.41, 5.74) is 4.27. The molecule has 0 radical (unpaired) electrons. The Labute approximate surface area is 154 Å². The number of aromatic nitrogens is 1. The number of hydrogen-bond donors (Lipinski definition) is 0. The summed E-state index contributed by atoms with van der Waals surface area (Å²) in [7, 11) is 0. The van der Waals surface area contributed by atoms with Crippen molar-refractivity contribution in [3.63, 3.8) is 0 Å². The van der Waals surface area contributed by atoms with Gasteiger partial charge in [-0.2, -0.15) is 0 Å². The van der Waals surface area contributed by atoms with Crippen LogP contribution in [0, 0.1) is 0 Å². The second-order valence-corrected chi connectivity index (χ2v) is 6.51. The van der Waals surface area contributed by atoms with E-state index in [1.807, 2.05) is 24.3 Å². The molecule has 0 spiro atoms. The van der Waals surface area contributed by atoms with Crippen LogP contribution in [0.3, 0.4) is 0 Å². The van der Waals surface area contributed by atoms with Crippen molar-refractivity contribution in [2.24, 2.45) is 4.99 Å². The van der Waals surface area contributed by atoms with Gasteiger partial charge in [0.15, 0.2) is 0 Å². The molecule has 1 aliphatic rings. The fraction of sp³-hybridized carbons (Fsp3) is 0.217. The highest BCUT2D eigenvalue weighted by Crippen LogP contribution is 2.30. The lowest BCUT2D eigenvalue weighted by atomic mass is 9.88. The average Bonchev–Trinajstić information content (AvgIpc) is 3.20. The Kier molecular flexibility index (Phi) is 4.78. The molecule has 0 saturated heterocycles. The van der Waals surface area contributed by atoms with Crippen molar-refractivity contribution in [1.82, 2.24) is 4.98 Å². The molecule has 130 valence electrons. The summed E-state index contributed by atoms with van der Waals surface area (Å²) in [6.07, 6.45) is 0.986. The van der Waals surface area contributed by atoms with Crippen molar-refractivity contribution < 1.29 is 4.74 Å². The largest absolute Gasteiger partial charge is 0.474 e. The zero-order chi connectivity index (χ0) is 17.8. The minimum Gasteiger partial charge on any atom is -0.474 e. The number of rotatable bonds is 5. The monoisotopic (exact) mass is 342 g/mol. The predicted molar refractivity (Wildman–Crippen MR) is 105 cm³/mol.